The van der Waals surface area contributed by atoms with E-state index in [2.05, 4.69) is 54.3 Å². The van der Waals surface area contributed by atoms with Gasteiger partial charge in [0.1, 0.15) is 5.82 Å². The highest BCUT2D eigenvalue weighted by atomic mass is 16.2. The zero-order valence-electron chi connectivity index (χ0n) is 18.7. The van der Waals surface area contributed by atoms with E-state index in [0.29, 0.717) is 18.7 Å². The largest absolute Gasteiger partial charge is 0.353 e. The number of carbonyl (C=O) groups excluding carboxylic acids is 1. The van der Waals surface area contributed by atoms with Crippen LogP contribution in [0.25, 0.3) is 0 Å². The number of nitrogens with one attached hydrogen (secondary N) is 1. The van der Waals surface area contributed by atoms with E-state index in [1.807, 2.05) is 29.2 Å². The molecule has 2 aliphatic rings. The van der Waals surface area contributed by atoms with Gasteiger partial charge in [0.05, 0.1) is 5.56 Å². The topological polar surface area (TPSA) is 77.5 Å². The lowest BCUT2D eigenvalue weighted by Crippen LogP contribution is -2.47. The van der Waals surface area contributed by atoms with Crippen LogP contribution in [0.1, 0.15) is 28.4 Å². The van der Waals surface area contributed by atoms with Crippen molar-refractivity contribution < 1.29 is 4.79 Å². The summed E-state index contributed by atoms with van der Waals surface area (Å²) in [6.45, 7) is 5.35. The number of nitrogens with zero attached hydrogens (tertiary/aromatic N) is 6. The van der Waals surface area contributed by atoms with E-state index in [1.165, 1.54) is 5.56 Å². The molecule has 8 heteroatoms. The van der Waals surface area contributed by atoms with Crippen molar-refractivity contribution >= 4 is 17.7 Å². The van der Waals surface area contributed by atoms with E-state index in [9.17, 15) is 4.79 Å². The number of carbonyl (C=O) groups is 1. The summed E-state index contributed by atoms with van der Waals surface area (Å²) >= 11 is 0. The Kier molecular flexibility index (Phi) is 6.44. The van der Waals surface area contributed by atoms with Crippen LogP contribution in [-0.4, -0.2) is 71.6 Å². The molecule has 0 spiro atoms. The van der Waals surface area contributed by atoms with Gasteiger partial charge in [-0.1, -0.05) is 30.3 Å². The summed E-state index contributed by atoms with van der Waals surface area (Å²) in [5.74, 6) is 1.54. The van der Waals surface area contributed by atoms with Crippen LogP contribution in [0.5, 0.6) is 0 Å². The Hall–Kier alpha value is -3.52. The maximum Gasteiger partial charge on any atom is 0.257 e. The van der Waals surface area contributed by atoms with E-state index in [-0.39, 0.29) is 11.9 Å². The molecule has 8 nitrogen and oxygen atoms in total. The number of anilines is 2. The van der Waals surface area contributed by atoms with Crippen molar-refractivity contribution in [1.82, 2.24) is 25.2 Å². The summed E-state index contributed by atoms with van der Waals surface area (Å²) in [5.41, 5.74) is 1.93. The number of benzene rings is 1. The summed E-state index contributed by atoms with van der Waals surface area (Å²) in [6, 6.07) is 16.2. The van der Waals surface area contributed by atoms with Gasteiger partial charge in [-0.15, -0.1) is 0 Å². The number of hydrogen-bond acceptors (Lipinski definition) is 7. The predicted octanol–water partition coefficient (Wildman–Crippen LogP) is 2.38. The molecule has 1 N–H and O–H groups in total. The molecule has 2 fully saturated rings. The second-order valence-corrected chi connectivity index (χ2v) is 8.42. The third-order valence-electron chi connectivity index (χ3n) is 6.31. The Bertz CT molecular complexity index is 1060. The van der Waals surface area contributed by atoms with Crippen LogP contribution >= 0.6 is 0 Å². The third-order valence-corrected chi connectivity index (χ3v) is 6.31. The predicted molar refractivity (Wildman–Crippen MR) is 128 cm³/mol. The number of rotatable bonds is 4. The Balaban J connectivity index is 1.31. The van der Waals surface area contributed by atoms with E-state index in [4.69, 9.17) is 0 Å². The minimum Gasteiger partial charge on any atom is -0.353 e. The molecule has 2 aliphatic heterocycles. The Morgan fingerprint density at radius 2 is 1.64 bits per heavy atom. The van der Waals surface area contributed by atoms with Crippen LogP contribution < -0.4 is 15.1 Å². The Morgan fingerprint density at radius 3 is 2.48 bits per heavy atom. The maximum atomic E-state index is 13.6. The van der Waals surface area contributed by atoms with Crippen LogP contribution in [0.15, 0.2) is 67.1 Å². The fourth-order valence-corrected chi connectivity index (χ4v) is 4.61. The third kappa shape index (κ3) is 4.80. The summed E-state index contributed by atoms with van der Waals surface area (Å²) in [7, 11) is 0. The normalized spacial score (nSPS) is 19.3. The van der Waals surface area contributed by atoms with Crippen molar-refractivity contribution in [2.75, 3.05) is 55.6 Å². The molecule has 2 saturated heterocycles. The highest BCUT2D eigenvalue weighted by Crippen LogP contribution is 2.25. The number of hydrogen-bond donors (Lipinski definition) is 1. The first-order valence-corrected chi connectivity index (χ1v) is 11.6. The molecular formula is C25H29N7O. The van der Waals surface area contributed by atoms with Gasteiger partial charge in [-0.25, -0.2) is 15.0 Å². The summed E-state index contributed by atoms with van der Waals surface area (Å²) in [6.07, 6.45) is 6.17. The Morgan fingerprint density at radius 1 is 0.818 bits per heavy atom. The van der Waals surface area contributed by atoms with Crippen LogP contribution in [-0.2, 0) is 0 Å². The van der Waals surface area contributed by atoms with Gasteiger partial charge >= 0.3 is 0 Å². The zero-order valence-corrected chi connectivity index (χ0v) is 18.7. The highest BCUT2D eigenvalue weighted by Gasteiger charge is 2.28. The van der Waals surface area contributed by atoms with Gasteiger partial charge in [0.15, 0.2) is 0 Å². The van der Waals surface area contributed by atoms with Gasteiger partial charge in [0.2, 0.25) is 5.95 Å². The molecule has 170 valence electrons. The minimum absolute atomic E-state index is 0.0451. The first-order chi connectivity index (χ1) is 16.3. The molecule has 0 aliphatic carbocycles. The molecule has 5 rings (SSSR count). The molecule has 33 heavy (non-hydrogen) atoms. The molecule has 3 aromatic rings. The second-order valence-electron chi connectivity index (χ2n) is 8.42. The van der Waals surface area contributed by atoms with Gasteiger partial charge in [0, 0.05) is 70.4 Å². The van der Waals surface area contributed by atoms with Crippen LogP contribution in [0.4, 0.5) is 11.8 Å². The van der Waals surface area contributed by atoms with Gasteiger partial charge in [-0.2, -0.15) is 0 Å². The first kappa shape index (κ1) is 21.3. The standard InChI is InChI=1S/C25H29N7O/c33-24(30-14-6-15-31(18-17-30)25-28-11-5-12-29-25)21-9-4-10-27-23(21)32-16-13-26-22(19-32)20-7-2-1-3-8-20/h1-5,7-12,22,26H,6,13-19H2/t22-/m1/s1. The van der Waals surface area contributed by atoms with E-state index in [0.717, 1.165) is 50.9 Å². The average Bonchev–Trinajstić information content (AvgIpc) is 3.16. The van der Waals surface area contributed by atoms with Crippen molar-refractivity contribution in [1.29, 1.82) is 0 Å². The van der Waals surface area contributed by atoms with Crippen LogP contribution in [0, 0.1) is 0 Å². The molecule has 1 aromatic carbocycles. The lowest BCUT2D eigenvalue weighted by molar-refractivity contribution is 0.0767. The molecule has 0 radical (unpaired) electrons. The summed E-state index contributed by atoms with van der Waals surface area (Å²) in [5, 5.41) is 3.59. The van der Waals surface area contributed by atoms with Crippen molar-refractivity contribution in [3.8, 4) is 0 Å². The van der Waals surface area contributed by atoms with E-state index >= 15 is 0 Å². The molecule has 0 saturated carbocycles. The molecule has 0 bridgehead atoms. The van der Waals surface area contributed by atoms with Gasteiger partial charge in [0.25, 0.3) is 5.91 Å². The highest BCUT2D eigenvalue weighted by molar-refractivity contribution is 5.99. The van der Waals surface area contributed by atoms with Crippen LogP contribution in [0.3, 0.4) is 0 Å². The molecule has 1 amide bonds. The van der Waals surface area contributed by atoms with Crippen LogP contribution in [0.2, 0.25) is 0 Å². The number of pyridine rings is 1. The lowest BCUT2D eigenvalue weighted by atomic mass is 10.0. The smallest absolute Gasteiger partial charge is 0.257 e. The van der Waals surface area contributed by atoms with E-state index in [1.54, 1.807) is 18.6 Å². The number of aromatic nitrogens is 3. The molecule has 2 aromatic heterocycles. The number of piperazine rings is 1. The monoisotopic (exact) mass is 443 g/mol. The minimum atomic E-state index is 0.0451. The fourth-order valence-electron chi connectivity index (χ4n) is 4.61. The fraction of sp³-hybridized carbons (Fsp3) is 0.360. The van der Waals surface area contributed by atoms with Gasteiger partial charge < -0.3 is 20.0 Å². The average molecular weight is 444 g/mol. The molecule has 1 atom stereocenters. The molecule has 4 heterocycles. The first-order valence-electron chi connectivity index (χ1n) is 11.6. The van der Waals surface area contributed by atoms with E-state index < -0.39 is 0 Å². The molecular weight excluding hydrogens is 414 g/mol. The maximum absolute atomic E-state index is 13.6. The Labute approximate surface area is 194 Å². The SMILES string of the molecule is O=C(c1cccnc1N1CCN[C@@H](c2ccccc2)C1)N1CCCN(c2ncccn2)CC1. The van der Waals surface area contributed by atoms with Gasteiger partial charge in [-0.3, -0.25) is 4.79 Å². The van der Waals surface area contributed by atoms with Gasteiger partial charge in [-0.05, 0) is 30.2 Å². The van der Waals surface area contributed by atoms with Crippen molar-refractivity contribution in [2.24, 2.45) is 0 Å². The zero-order chi connectivity index (χ0) is 22.5. The lowest BCUT2D eigenvalue weighted by Gasteiger charge is -2.36. The van der Waals surface area contributed by atoms with Crippen molar-refractivity contribution in [3.63, 3.8) is 0 Å². The summed E-state index contributed by atoms with van der Waals surface area (Å²) < 4.78 is 0. The van der Waals surface area contributed by atoms with Crippen molar-refractivity contribution in [2.45, 2.75) is 12.5 Å². The van der Waals surface area contributed by atoms with Crippen molar-refractivity contribution in [3.05, 3.63) is 78.2 Å². The quantitative estimate of drug-likeness (QED) is 0.663. The number of amides is 1. The second kappa shape index (κ2) is 9.95. The summed E-state index contributed by atoms with van der Waals surface area (Å²) in [4.78, 5) is 33.3. The molecule has 0 unspecified atom stereocenters.